The number of nitrogens with one attached hydrogen (secondary N) is 1. The summed E-state index contributed by atoms with van der Waals surface area (Å²) in [4.78, 5) is 6.39. The number of aromatic nitrogens is 1. The first kappa shape index (κ1) is 14.3. The van der Waals surface area contributed by atoms with Crippen LogP contribution in [-0.4, -0.2) is 29.5 Å². The molecule has 4 nitrogen and oxygen atoms in total. The van der Waals surface area contributed by atoms with Gasteiger partial charge >= 0.3 is 0 Å². The Morgan fingerprint density at radius 3 is 2.86 bits per heavy atom. The molecule has 112 valence electrons. The Hall–Kier alpha value is -1.65. The highest BCUT2D eigenvalue weighted by Crippen LogP contribution is 2.20. The fourth-order valence-corrected chi connectivity index (χ4v) is 2.43. The zero-order valence-corrected chi connectivity index (χ0v) is 12.6. The molecule has 0 aliphatic heterocycles. The fraction of sp³-hybridized carbons (Fsp3) is 0.471. The normalized spacial score (nSPS) is 14.8. The standard InChI is InChI=1S/C17H23N3O/c1-20(10-6-14-4-8-18-9-5-14)13-15-7-11-21-17(15)12-19-16-2-3-16/h4-5,7-9,11,16,19H,2-3,6,10,12-13H2,1H3. The number of pyridine rings is 1. The summed E-state index contributed by atoms with van der Waals surface area (Å²) in [6.07, 6.45) is 9.17. The van der Waals surface area contributed by atoms with Crippen LogP contribution < -0.4 is 5.32 Å². The van der Waals surface area contributed by atoms with Crippen LogP contribution in [0.5, 0.6) is 0 Å². The molecule has 0 atom stereocenters. The van der Waals surface area contributed by atoms with Crippen LogP contribution in [0.3, 0.4) is 0 Å². The van der Waals surface area contributed by atoms with Gasteiger partial charge in [-0.3, -0.25) is 4.98 Å². The summed E-state index contributed by atoms with van der Waals surface area (Å²) < 4.78 is 5.61. The van der Waals surface area contributed by atoms with Crippen LogP contribution in [0.1, 0.15) is 29.7 Å². The quantitative estimate of drug-likeness (QED) is 0.809. The van der Waals surface area contributed by atoms with E-state index in [1.165, 1.54) is 24.0 Å². The molecule has 3 rings (SSSR count). The number of nitrogens with zero attached hydrogens (tertiary/aromatic N) is 2. The first-order valence-corrected chi connectivity index (χ1v) is 7.67. The predicted octanol–water partition coefficient (Wildman–Crippen LogP) is 2.60. The van der Waals surface area contributed by atoms with Crippen molar-refractivity contribution in [2.45, 2.75) is 38.4 Å². The van der Waals surface area contributed by atoms with Crippen molar-refractivity contribution in [1.29, 1.82) is 0 Å². The van der Waals surface area contributed by atoms with Crippen LogP contribution >= 0.6 is 0 Å². The molecule has 0 spiro atoms. The van der Waals surface area contributed by atoms with Crippen molar-refractivity contribution in [3.05, 3.63) is 53.7 Å². The maximum Gasteiger partial charge on any atom is 0.122 e. The summed E-state index contributed by atoms with van der Waals surface area (Å²) in [6, 6.07) is 6.97. The summed E-state index contributed by atoms with van der Waals surface area (Å²) in [5.41, 5.74) is 2.63. The lowest BCUT2D eigenvalue weighted by Crippen LogP contribution is -2.22. The van der Waals surface area contributed by atoms with E-state index in [-0.39, 0.29) is 0 Å². The molecular formula is C17H23N3O. The zero-order valence-electron chi connectivity index (χ0n) is 12.6. The predicted molar refractivity (Wildman–Crippen MR) is 82.8 cm³/mol. The molecule has 0 radical (unpaired) electrons. The van der Waals surface area contributed by atoms with Gasteiger partial charge in [0.25, 0.3) is 0 Å². The van der Waals surface area contributed by atoms with Gasteiger partial charge in [0.2, 0.25) is 0 Å². The highest BCUT2D eigenvalue weighted by Gasteiger charge is 2.21. The van der Waals surface area contributed by atoms with Gasteiger partial charge in [-0.25, -0.2) is 0 Å². The Morgan fingerprint density at radius 1 is 1.29 bits per heavy atom. The maximum atomic E-state index is 5.61. The van der Waals surface area contributed by atoms with E-state index < -0.39 is 0 Å². The molecule has 21 heavy (non-hydrogen) atoms. The third-order valence-electron chi connectivity index (χ3n) is 3.94. The minimum atomic E-state index is 0.715. The smallest absolute Gasteiger partial charge is 0.122 e. The molecule has 1 N–H and O–H groups in total. The van der Waals surface area contributed by atoms with Crippen molar-refractivity contribution >= 4 is 0 Å². The van der Waals surface area contributed by atoms with Crippen molar-refractivity contribution in [3.63, 3.8) is 0 Å². The lowest BCUT2D eigenvalue weighted by atomic mass is 10.2. The number of rotatable bonds is 8. The van der Waals surface area contributed by atoms with Crippen molar-refractivity contribution in [3.8, 4) is 0 Å². The molecule has 0 bridgehead atoms. The third-order valence-corrected chi connectivity index (χ3v) is 3.94. The second-order valence-electron chi connectivity index (χ2n) is 5.87. The lowest BCUT2D eigenvalue weighted by Gasteiger charge is -2.16. The summed E-state index contributed by atoms with van der Waals surface area (Å²) in [6.45, 7) is 2.82. The van der Waals surface area contributed by atoms with Gasteiger partial charge in [-0.1, -0.05) is 0 Å². The van der Waals surface area contributed by atoms with Crippen LogP contribution in [0.15, 0.2) is 41.3 Å². The summed E-state index contributed by atoms with van der Waals surface area (Å²) in [5, 5.41) is 3.51. The summed E-state index contributed by atoms with van der Waals surface area (Å²) >= 11 is 0. The van der Waals surface area contributed by atoms with Crippen molar-refractivity contribution in [1.82, 2.24) is 15.2 Å². The van der Waals surface area contributed by atoms with E-state index in [0.29, 0.717) is 6.04 Å². The average Bonchev–Trinajstić information content (AvgIpc) is 3.24. The summed E-state index contributed by atoms with van der Waals surface area (Å²) in [5.74, 6) is 1.08. The van der Waals surface area contributed by atoms with Gasteiger partial charge in [0.15, 0.2) is 0 Å². The number of furan rings is 1. The van der Waals surface area contributed by atoms with Gasteiger partial charge in [-0.15, -0.1) is 0 Å². The van der Waals surface area contributed by atoms with E-state index in [1.807, 2.05) is 12.4 Å². The molecule has 2 aromatic heterocycles. The van der Waals surface area contributed by atoms with Gasteiger partial charge < -0.3 is 14.6 Å². The first-order chi connectivity index (χ1) is 10.3. The molecule has 0 unspecified atom stereocenters. The Kier molecular flexibility index (Phi) is 4.68. The molecule has 1 aliphatic rings. The molecule has 2 heterocycles. The Balaban J connectivity index is 1.47. The van der Waals surface area contributed by atoms with Crippen molar-refractivity contribution in [2.24, 2.45) is 0 Å². The van der Waals surface area contributed by atoms with E-state index in [9.17, 15) is 0 Å². The molecule has 0 aromatic carbocycles. The number of hydrogen-bond donors (Lipinski definition) is 1. The van der Waals surface area contributed by atoms with Crippen LogP contribution in [0, 0.1) is 0 Å². The Labute approximate surface area is 126 Å². The Bertz CT molecular complexity index is 548. The highest BCUT2D eigenvalue weighted by atomic mass is 16.3. The highest BCUT2D eigenvalue weighted by molar-refractivity contribution is 5.17. The number of likely N-dealkylation sites (N-methyl/N-ethyl adjacent to an activating group) is 1. The molecule has 0 saturated heterocycles. The average molecular weight is 285 g/mol. The topological polar surface area (TPSA) is 41.3 Å². The van der Waals surface area contributed by atoms with Crippen LogP contribution in [0.25, 0.3) is 0 Å². The molecule has 2 aromatic rings. The van der Waals surface area contributed by atoms with E-state index in [1.54, 1.807) is 6.26 Å². The van der Waals surface area contributed by atoms with Gasteiger partial charge in [-0.2, -0.15) is 0 Å². The van der Waals surface area contributed by atoms with Crippen molar-refractivity contribution in [2.75, 3.05) is 13.6 Å². The van der Waals surface area contributed by atoms with Crippen LogP contribution in [0.4, 0.5) is 0 Å². The summed E-state index contributed by atoms with van der Waals surface area (Å²) in [7, 11) is 2.16. The van der Waals surface area contributed by atoms with Crippen LogP contribution in [0.2, 0.25) is 0 Å². The molecule has 1 fully saturated rings. The first-order valence-electron chi connectivity index (χ1n) is 7.67. The van der Waals surface area contributed by atoms with Gasteiger partial charge in [0.1, 0.15) is 5.76 Å². The second kappa shape index (κ2) is 6.87. The van der Waals surface area contributed by atoms with Gasteiger partial charge in [0.05, 0.1) is 12.8 Å². The molecule has 4 heteroatoms. The number of hydrogen-bond acceptors (Lipinski definition) is 4. The van der Waals surface area contributed by atoms with Crippen LogP contribution in [-0.2, 0) is 19.5 Å². The molecule has 1 saturated carbocycles. The second-order valence-corrected chi connectivity index (χ2v) is 5.87. The van der Waals surface area contributed by atoms with E-state index in [0.717, 1.165) is 31.8 Å². The monoisotopic (exact) mass is 285 g/mol. The molecule has 1 aliphatic carbocycles. The van der Waals surface area contributed by atoms with Gasteiger partial charge in [0, 0.05) is 37.1 Å². The van der Waals surface area contributed by atoms with E-state index >= 15 is 0 Å². The van der Waals surface area contributed by atoms with E-state index in [2.05, 4.69) is 40.4 Å². The largest absolute Gasteiger partial charge is 0.468 e. The third kappa shape index (κ3) is 4.41. The maximum absolute atomic E-state index is 5.61. The van der Waals surface area contributed by atoms with Gasteiger partial charge in [-0.05, 0) is 50.1 Å². The lowest BCUT2D eigenvalue weighted by molar-refractivity contribution is 0.326. The van der Waals surface area contributed by atoms with Crippen molar-refractivity contribution < 1.29 is 4.42 Å². The molecule has 0 amide bonds. The minimum absolute atomic E-state index is 0.715. The fourth-order valence-electron chi connectivity index (χ4n) is 2.43. The molecular weight excluding hydrogens is 262 g/mol. The Morgan fingerprint density at radius 2 is 2.10 bits per heavy atom. The zero-order chi connectivity index (χ0) is 14.5. The van der Waals surface area contributed by atoms with E-state index in [4.69, 9.17) is 4.42 Å². The minimum Gasteiger partial charge on any atom is -0.468 e. The SMILES string of the molecule is CN(CCc1ccncc1)Cc1ccoc1CNC1CC1.